The Kier molecular flexibility index (Phi) is 5.59. The molecular weight excluding hydrogens is 382 g/mol. The van der Waals surface area contributed by atoms with Crippen molar-refractivity contribution in [3.63, 3.8) is 0 Å². The summed E-state index contributed by atoms with van der Waals surface area (Å²) in [5, 5.41) is 3.80. The number of benzene rings is 2. The second kappa shape index (κ2) is 7.75. The van der Waals surface area contributed by atoms with E-state index in [2.05, 4.69) is 10.3 Å². The van der Waals surface area contributed by atoms with Crippen LogP contribution in [0.1, 0.15) is 29.2 Å². The number of hydrogen-bond acceptors (Lipinski definition) is 5. The second-order valence-electron chi connectivity index (χ2n) is 5.98. The number of nitrogens with zero attached hydrogens (tertiary/aromatic N) is 2. The normalized spacial score (nSPS) is 11.9. The first-order valence-electron chi connectivity index (χ1n) is 8.64. The molecule has 0 spiro atoms. The van der Waals surface area contributed by atoms with Gasteiger partial charge in [-0.15, -0.1) is 11.3 Å². The number of nitrogens with one attached hydrogen (secondary N) is 1. The molecule has 0 saturated heterocycles. The van der Waals surface area contributed by atoms with E-state index < -0.39 is 10.0 Å². The Morgan fingerprint density at radius 3 is 2.41 bits per heavy atom. The molecular formula is C19H21N3O3S2. The van der Waals surface area contributed by atoms with Crippen molar-refractivity contribution >= 4 is 43.2 Å². The summed E-state index contributed by atoms with van der Waals surface area (Å²) in [5.41, 5.74) is 1.89. The number of sulfonamides is 1. The molecule has 0 fully saturated rings. The zero-order valence-corrected chi connectivity index (χ0v) is 17.0. The van der Waals surface area contributed by atoms with Crippen LogP contribution in [0.15, 0.2) is 47.4 Å². The molecule has 27 heavy (non-hydrogen) atoms. The Labute approximate surface area is 162 Å². The van der Waals surface area contributed by atoms with Crippen LogP contribution in [0.3, 0.4) is 0 Å². The van der Waals surface area contributed by atoms with Crippen molar-refractivity contribution in [1.82, 2.24) is 9.29 Å². The average molecular weight is 404 g/mol. The number of rotatable bonds is 6. The summed E-state index contributed by atoms with van der Waals surface area (Å²) in [4.78, 5) is 17.1. The zero-order chi connectivity index (χ0) is 19.6. The summed E-state index contributed by atoms with van der Waals surface area (Å²) in [7, 11) is -3.53. The standard InChI is InChI=1S/C19H21N3O3S2/c1-4-22(5-2)27(24,25)16-9-6-14(7-10-16)19(23)21-15-8-11-18-17(12-15)20-13(3)26-18/h6-12H,4-5H2,1-3H3,(H,21,23). The predicted octanol–water partition coefficient (Wildman–Crippen LogP) is 3.89. The molecule has 0 aliphatic heterocycles. The fraction of sp³-hybridized carbons (Fsp3) is 0.263. The molecule has 0 atom stereocenters. The van der Waals surface area contributed by atoms with E-state index in [4.69, 9.17) is 0 Å². The fourth-order valence-corrected chi connectivity index (χ4v) is 5.08. The third-order valence-electron chi connectivity index (χ3n) is 4.21. The molecule has 1 amide bonds. The van der Waals surface area contributed by atoms with E-state index in [1.54, 1.807) is 25.2 Å². The van der Waals surface area contributed by atoms with Crippen LogP contribution in [0.4, 0.5) is 5.69 Å². The molecule has 1 heterocycles. The third kappa shape index (κ3) is 4.02. The van der Waals surface area contributed by atoms with E-state index in [0.717, 1.165) is 15.2 Å². The minimum Gasteiger partial charge on any atom is -0.322 e. The first-order valence-corrected chi connectivity index (χ1v) is 10.9. The summed E-state index contributed by atoms with van der Waals surface area (Å²) >= 11 is 1.60. The van der Waals surface area contributed by atoms with Gasteiger partial charge >= 0.3 is 0 Å². The summed E-state index contributed by atoms with van der Waals surface area (Å²) < 4.78 is 27.5. The maximum Gasteiger partial charge on any atom is 0.255 e. The van der Waals surface area contributed by atoms with Crippen LogP contribution in [0.5, 0.6) is 0 Å². The van der Waals surface area contributed by atoms with Gasteiger partial charge in [0, 0.05) is 24.3 Å². The topological polar surface area (TPSA) is 79.4 Å². The fourth-order valence-electron chi connectivity index (χ4n) is 2.81. The summed E-state index contributed by atoms with van der Waals surface area (Å²) in [6.45, 7) is 6.34. The van der Waals surface area contributed by atoms with Crippen molar-refractivity contribution in [2.75, 3.05) is 18.4 Å². The van der Waals surface area contributed by atoms with Gasteiger partial charge in [0.15, 0.2) is 0 Å². The first kappa shape index (κ1) is 19.5. The van der Waals surface area contributed by atoms with Crippen molar-refractivity contribution in [3.8, 4) is 0 Å². The molecule has 0 saturated carbocycles. The monoisotopic (exact) mass is 403 g/mol. The number of thiazole rings is 1. The molecule has 8 heteroatoms. The van der Waals surface area contributed by atoms with E-state index in [1.165, 1.54) is 28.6 Å². The van der Waals surface area contributed by atoms with Gasteiger partial charge in [0.1, 0.15) is 0 Å². The van der Waals surface area contributed by atoms with Gasteiger partial charge in [0.25, 0.3) is 5.91 Å². The van der Waals surface area contributed by atoms with Crippen LogP contribution in [-0.4, -0.2) is 36.7 Å². The number of anilines is 1. The van der Waals surface area contributed by atoms with E-state index in [9.17, 15) is 13.2 Å². The Hall–Kier alpha value is -2.29. The van der Waals surface area contributed by atoms with Crippen molar-refractivity contribution in [1.29, 1.82) is 0 Å². The van der Waals surface area contributed by atoms with Crippen LogP contribution >= 0.6 is 11.3 Å². The SMILES string of the molecule is CCN(CC)S(=O)(=O)c1ccc(C(=O)Nc2ccc3sc(C)nc3c2)cc1. The smallest absolute Gasteiger partial charge is 0.255 e. The molecule has 1 N–H and O–H groups in total. The first-order chi connectivity index (χ1) is 12.8. The van der Waals surface area contributed by atoms with Crippen LogP contribution in [0.2, 0.25) is 0 Å². The van der Waals surface area contributed by atoms with E-state index in [-0.39, 0.29) is 10.8 Å². The molecule has 0 aliphatic carbocycles. The summed E-state index contributed by atoms with van der Waals surface area (Å²) in [6, 6.07) is 11.6. The Balaban J connectivity index is 1.78. The van der Waals surface area contributed by atoms with Crippen LogP contribution in [-0.2, 0) is 10.0 Å². The number of aromatic nitrogens is 1. The Morgan fingerprint density at radius 1 is 1.11 bits per heavy atom. The Morgan fingerprint density at radius 2 is 1.78 bits per heavy atom. The number of fused-ring (bicyclic) bond motifs is 1. The minimum atomic E-state index is -3.53. The van der Waals surface area contributed by atoms with Crippen LogP contribution < -0.4 is 5.32 Å². The molecule has 0 unspecified atom stereocenters. The van der Waals surface area contributed by atoms with Gasteiger partial charge in [-0.3, -0.25) is 4.79 Å². The third-order valence-corrected chi connectivity index (χ3v) is 7.23. The zero-order valence-electron chi connectivity index (χ0n) is 15.4. The van der Waals surface area contributed by atoms with Crippen LogP contribution in [0, 0.1) is 6.92 Å². The van der Waals surface area contributed by atoms with Crippen molar-refractivity contribution in [2.45, 2.75) is 25.7 Å². The summed E-state index contributed by atoms with van der Waals surface area (Å²) in [6.07, 6.45) is 0. The highest BCUT2D eigenvalue weighted by Crippen LogP contribution is 2.25. The number of carbonyl (C=O) groups is 1. The maximum atomic E-state index is 12.5. The van der Waals surface area contributed by atoms with Gasteiger partial charge in [0.2, 0.25) is 10.0 Å². The molecule has 2 aromatic carbocycles. The molecule has 0 bridgehead atoms. The minimum absolute atomic E-state index is 0.183. The van der Waals surface area contributed by atoms with Gasteiger partial charge in [-0.25, -0.2) is 13.4 Å². The lowest BCUT2D eigenvalue weighted by atomic mass is 10.2. The quantitative estimate of drug-likeness (QED) is 0.677. The highest BCUT2D eigenvalue weighted by atomic mass is 32.2. The number of hydrogen-bond donors (Lipinski definition) is 1. The largest absolute Gasteiger partial charge is 0.322 e. The lowest BCUT2D eigenvalue weighted by Crippen LogP contribution is -2.30. The number of carbonyl (C=O) groups excluding carboxylic acids is 1. The van der Waals surface area contributed by atoms with Crippen molar-refractivity contribution < 1.29 is 13.2 Å². The van der Waals surface area contributed by atoms with E-state index >= 15 is 0 Å². The maximum absolute atomic E-state index is 12.5. The highest BCUT2D eigenvalue weighted by Gasteiger charge is 2.21. The number of amides is 1. The molecule has 0 aliphatic rings. The van der Waals surface area contributed by atoms with Crippen molar-refractivity contribution in [3.05, 3.63) is 53.0 Å². The van der Waals surface area contributed by atoms with E-state index in [0.29, 0.717) is 24.3 Å². The Bertz CT molecular complexity index is 1070. The average Bonchev–Trinajstić information content (AvgIpc) is 3.02. The lowest BCUT2D eigenvalue weighted by molar-refractivity contribution is 0.102. The van der Waals surface area contributed by atoms with Crippen LogP contribution in [0.25, 0.3) is 10.2 Å². The molecule has 3 rings (SSSR count). The predicted molar refractivity (Wildman–Crippen MR) is 109 cm³/mol. The molecule has 6 nitrogen and oxygen atoms in total. The van der Waals surface area contributed by atoms with Crippen molar-refractivity contribution in [2.24, 2.45) is 0 Å². The number of aryl methyl sites for hydroxylation is 1. The van der Waals surface area contributed by atoms with E-state index in [1.807, 2.05) is 25.1 Å². The van der Waals surface area contributed by atoms with Gasteiger partial charge in [-0.1, -0.05) is 13.8 Å². The molecule has 142 valence electrons. The molecule has 0 radical (unpaired) electrons. The van der Waals surface area contributed by atoms with Gasteiger partial charge in [0.05, 0.1) is 20.1 Å². The summed E-state index contributed by atoms with van der Waals surface area (Å²) in [5.74, 6) is -0.298. The second-order valence-corrected chi connectivity index (χ2v) is 9.16. The van der Waals surface area contributed by atoms with Gasteiger partial charge in [-0.2, -0.15) is 4.31 Å². The molecule has 3 aromatic rings. The molecule has 1 aromatic heterocycles. The lowest BCUT2D eigenvalue weighted by Gasteiger charge is -2.18. The van der Waals surface area contributed by atoms with Gasteiger partial charge < -0.3 is 5.32 Å². The highest BCUT2D eigenvalue weighted by molar-refractivity contribution is 7.89. The van der Waals surface area contributed by atoms with Gasteiger partial charge in [-0.05, 0) is 49.4 Å².